The van der Waals surface area contributed by atoms with Crippen LogP contribution in [0.5, 0.6) is 0 Å². The summed E-state index contributed by atoms with van der Waals surface area (Å²) >= 11 is 0. The molecule has 1 atom stereocenters. The number of nitrogens with zero attached hydrogens (tertiary/aromatic N) is 1. The van der Waals surface area contributed by atoms with Gasteiger partial charge in [-0.25, -0.2) is 0 Å². The van der Waals surface area contributed by atoms with Gasteiger partial charge in [-0.2, -0.15) is 0 Å². The van der Waals surface area contributed by atoms with Crippen molar-refractivity contribution >= 4 is 5.97 Å². The molecule has 0 aromatic carbocycles. The molecule has 0 aromatic heterocycles. The van der Waals surface area contributed by atoms with Crippen LogP contribution in [0.25, 0.3) is 0 Å². The molecule has 3 heteroatoms. The van der Waals surface area contributed by atoms with Gasteiger partial charge in [0.25, 0.3) is 0 Å². The van der Waals surface area contributed by atoms with E-state index >= 15 is 0 Å². The highest BCUT2D eigenvalue weighted by Gasteiger charge is 2.42. The Morgan fingerprint density at radius 2 is 1.93 bits per heavy atom. The van der Waals surface area contributed by atoms with Crippen molar-refractivity contribution in [2.75, 3.05) is 13.1 Å². The van der Waals surface area contributed by atoms with E-state index in [1.807, 2.05) is 0 Å². The van der Waals surface area contributed by atoms with Crippen LogP contribution in [0.15, 0.2) is 0 Å². The van der Waals surface area contributed by atoms with Gasteiger partial charge in [0.1, 0.15) is 0 Å². The molecule has 86 valence electrons. The molecule has 0 aromatic rings. The minimum atomic E-state index is -0.639. The zero-order valence-electron chi connectivity index (χ0n) is 9.65. The van der Waals surface area contributed by atoms with Crippen LogP contribution < -0.4 is 0 Å². The third-order valence-corrected chi connectivity index (χ3v) is 3.90. The largest absolute Gasteiger partial charge is 0.481 e. The predicted octanol–water partition coefficient (Wildman–Crippen LogP) is 1.83. The highest BCUT2D eigenvalue weighted by atomic mass is 16.4. The van der Waals surface area contributed by atoms with Crippen molar-refractivity contribution in [1.29, 1.82) is 0 Å². The van der Waals surface area contributed by atoms with Crippen LogP contribution in [-0.2, 0) is 4.79 Å². The Bertz CT molecular complexity index is 242. The quantitative estimate of drug-likeness (QED) is 0.754. The molecule has 0 amide bonds. The van der Waals surface area contributed by atoms with Crippen LogP contribution in [-0.4, -0.2) is 35.1 Å². The second-order valence-corrected chi connectivity index (χ2v) is 5.46. The Labute approximate surface area is 91.5 Å². The van der Waals surface area contributed by atoms with Gasteiger partial charge in [0.05, 0.1) is 6.42 Å². The molecule has 0 spiro atoms. The van der Waals surface area contributed by atoms with E-state index in [0.29, 0.717) is 18.4 Å². The van der Waals surface area contributed by atoms with Gasteiger partial charge >= 0.3 is 5.97 Å². The lowest BCUT2D eigenvalue weighted by Crippen LogP contribution is -2.55. The van der Waals surface area contributed by atoms with Crippen LogP contribution in [0.3, 0.4) is 0 Å². The molecule has 15 heavy (non-hydrogen) atoms. The van der Waals surface area contributed by atoms with Crippen LogP contribution in [0, 0.1) is 17.8 Å². The number of carboxylic acids is 1. The van der Waals surface area contributed by atoms with E-state index in [2.05, 4.69) is 18.7 Å². The Kier molecular flexibility index (Phi) is 3.01. The topological polar surface area (TPSA) is 40.5 Å². The van der Waals surface area contributed by atoms with Gasteiger partial charge in [0.15, 0.2) is 0 Å². The maximum Gasteiger partial charge on any atom is 0.304 e. The first-order valence-electron chi connectivity index (χ1n) is 6.03. The van der Waals surface area contributed by atoms with E-state index in [1.165, 1.54) is 12.8 Å². The lowest BCUT2D eigenvalue weighted by molar-refractivity contribution is -0.139. The first kappa shape index (κ1) is 10.9. The van der Waals surface area contributed by atoms with E-state index in [0.717, 1.165) is 24.9 Å². The molecule has 3 nitrogen and oxygen atoms in total. The molecule has 1 aliphatic heterocycles. The minimum absolute atomic E-state index is 0.331. The number of rotatable bonds is 5. The van der Waals surface area contributed by atoms with Crippen molar-refractivity contribution in [3.05, 3.63) is 0 Å². The fourth-order valence-corrected chi connectivity index (χ4v) is 2.50. The summed E-state index contributed by atoms with van der Waals surface area (Å²) in [5.74, 6) is 1.57. The van der Waals surface area contributed by atoms with Gasteiger partial charge < -0.3 is 5.11 Å². The number of hydrogen-bond donors (Lipinski definition) is 1. The van der Waals surface area contributed by atoms with Gasteiger partial charge in [-0.05, 0) is 30.6 Å². The molecule has 0 radical (unpaired) electrons. The monoisotopic (exact) mass is 211 g/mol. The molecule has 0 bridgehead atoms. The molecule has 2 aliphatic rings. The second-order valence-electron chi connectivity index (χ2n) is 5.46. The van der Waals surface area contributed by atoms with Gasteiger partial charge in [0.2, 0.25) is 0 Å². The number of carboxylic acid groups (broad SMARTS) is 1. The number of hydrogen-bond acceptors (Lipinski definition) is 2. The standard InChI is InChI=1S/C12H21NO2/c1-8(2)10-6-13(7-10)11(5-12(14)15)9-3-4-9/h8-11H,3-7H2,1-2H3,(H,14,15). The molecule has 1 aliphatic carbocycles. The lowest BCUT2D eigenvalue weighted by atomic mass is 9.86. The zero-order chi connectivity index (χ0) is 11.0. The Morgan fingerprint density at radius 1 is 1.33 bits per heavy atom. The van der Waals surface area contributed by atoms with Crippen LogP contribution >= 0.6 is 0 Å². The third kappa shape index (κ3) is 2.51. The molecule has 1 saturated heterocycles. The van der Waals surface area contributed by atoms with Crippen LogP contribution in [0.2, 0.25) is 0 Å². The summed E-state index contributed by atoms with van der Waals surface area (Å²) in [6.45, 7) is 6.74. The number of aliphatic carboxylic acids is 1. The van der Waals surface area contributed by atoms with Crippen LogP contribution in [0.1, 0.15) is 33.1 Å². The maximum atomic E-state index is 10.8. The predicted molar refractivity (Wildman–Crippen MR) is 58.7 cm³/mol. The summed E-state index contributed by atoms with van der Waals surface area (Å²) in [6, 6.07) is 0.331. The smallest absolute Gasteiger partial charge is 0.304 e. The van der Waals surface area contributed by atoms with Gasteiger partial charge in [0, 0.05) is 19.1 Å². The van der Waals surface area contributed by atoms with Gasteiger partial charge in [-0.1, -0.05) is 13.8 Å². The summed E-state index contributed by atoms with van der Waals surface area (Å²) in [5.41, 5.74) is 0. The zero-order valence-corrected chi connectivity index (χ0v) is 9.65. The van der Waals surface area contributed by atoms with Crippen molar-refractivity contribution in [2.24, 2.45) is 17.8 Å². The van der Waals surface area contributed by atoms with Crippen molar-refractivity contribution in [1.82, 2.24) is 4.90 Å². The first-order chi connectivity index (χ1) is 7.08. The Balaban J connectivity index is 1.83. The molecular weight excluding hydrogens is 190 g/mol. The Hall–Kier alpha value is -0.570. The minimum Gasteiger partial charge on any atom is -0.481 e. The maximum absolute atomic E-state index is 10.8. The molecule has 2 rings (SSSR count). The Morgan fingerprint density at radius 3 is 2.33 bits per heavy atom. The van der Waals surface area contributed by atoms with E-state index < -0.39 is 5.97 Å². The SMILES string of the molecule is CC(C)C1CN(C(CC(=O)O)C2CC2)C1. The fraction of sp³-hybridized carbons (Fsp3) is 0.917. The average Bonchev–Trinajstić information content (AvgIpc) is 2.79. The second kappa shape index (κ2) is 4.12. The van der Waals surface area contributed by atoms with Crippen molar-refractivity contribution < 1.29 is 9.90 Å². The molecule has 1 unspecified atom stereocenters. The highest BCUT2D eigenvalue weighted by molar-refractivity contribution is 5.67. The van der Waals surface area contributed by atoms with E-state index in [1.54, 1.807) is 0 Å². The highest BCUT2D eigenvalue weighted by Crippen LogP contribution is 2.40. The van der Waals surface area contributed by atoms with E-state index in [-0.39, 0.29) is 0 Å². The first-order valence-corrected chi connectivity index (χ1v) is 6.03. The van der Waals surface area contributed by atoms with Gasteiger partial charge in [-0.15, -0.1) is 0 Å². The molecule has 1 N–H and O–H groups in total. The summed E-state index contributed by atoms with van der Waals surface area (Å²) in [5, 5.41) is 8.88. The fourth-order valence-electron chi connectivity index (χ4n) is 2.50. The summed E-state index contributed by atoms with van der Waals surface area (Å²) in [7, 11) is 0. The third-order valence-electron chi connectivity index (χ3n) is 3.90. The van der Waals surface area contributed by atoms with Crippen molar-refractivity contribution in [3.8, 4) is 0 Å². The molecular formula is C12H21NO2. The number of carbonyl (C=O) groups is 1. The molecule has 1 saturated carbocycles. The van der Waals surface area contributed by atoms with Crippen molar-refractivity contribution in [3.63, 3.8) is 0 Å². The average molecular weight is 211 g/mol. The summed E-state index contributed by atoms with van der Waals surface area (Å²) < 4.78 is 0. The van der Waals surface area contributed by atoms with Crippen molar-refractivity contribution in [2.45, 2.75) is 39.2 Å². The summed E-state index contributed by atoms with van der Waals surface area (Å²) in [4.78, 5) is 13.2. The molecule has 2 fully saturated rings. The molecule has 1 heterocycles. The van der Waals surface area contributed by atoms with E-state index in [4.69, 9.17) is 5.11 Å². The van der Waals surface area contributed by atoms with Gasteiger partial charge in [-0.3, -0.25) is 9.69 Å². The van der Waals surface area contributed by atoms with E-state index in [9.17, 15) is 4.79 Å². The summed E-state index contributed by atoms with van der Waals surface area (Å²) in [6.07, 6.45) is 2.82. The normalized spacial score (nSPS) is 25.3. The van der Waals surface area contributed by atoms with Crippen LogP contribution in [0.4, 0.5) is 0 Å². The number of likely N-dealkylation sites (tertiary alicyclic amines) is 1. The lowest BCUT2D eigenvalue weighted by Gasteiger charge is -2.46.